The fraction of sp³-hybridized carbons (Fsp3) is 0.200. The van der Waals surface area contributed by atoms with Crippen molar-refractivity contribution in [1.82, 2.24) is 14.8 Å². The van der Waals surface area contributed by atoms with Crippen LogP contribution >= 0.6 is 27.7 Å². The molecule has 1 heterocycles. The molecule has 12 heteroatoms. The van der Waals surface area contributed by atoms with Gasteiger partial charge in [0.25, 0.3) is 5.69 Å². The Bertz CT molecular complexity index is 1440. The maximum absolute atomic E-state index is 11.7. The highest BCUT2D eigenvalue weighted by Crippen LogP contribution is 2.41. The van der Waals surface area contributed by atoms with Crippen LogP contribution in [0.4, 0.5) is 5.69 Å². The smallest absolute Gasteiger partial charge is 0.269 e. The molecule has 37 heavy (non-hydrogen) atoms. The van der Waals surface area contributed by atoms with Crippen molar-refractivity contribution >= 4 is 33.4 Å². The number of thioether (sulfide) groups is 1. The standard InChI is InChI=1S/C25H22BrN5O5S/c1-16-4-3-5-21(12-16)30-17(2)27-28-25(30)37-24(14-29(32)33)22-13-19(26)8-11-23(22)36-15-18-6-9-20(10-7-18)31(34)35/h3-13,24H,14-15H2,1-2H3/t24-/m0/s1. The largest absolute Gasteiger partial charge is 0.489 e. The minimum Gasteiger partial charge on any atom is -0.489 e. The minimum atomic E-state index is -0.633. The Morgan fingerprint density at radius 2 is 1.78 bits per heavy atom. The quantitative estimate of drug-likeness (QED) is 0.122. The van der Waals surface area contributed by atoms with E-state index in [0.717, 1.165) is 21.3 Å². The third kappa shape index (κ3) is 6.52. The number of benzene rings is 3. The fourth-order valence-electron chi connectivity index (χ4n) is 3.72. The molecule has 10 nitrogen and oxygen atoms in total. The van der Waals surface area contributed by atoms with Gasteiger partial charge < -0.3 is 4.74 Å². The number of hydrogen-bond acceptors (Lipinski definition) is 8. The molecule has 1 atom stereocenters. The van der Waals surface area contributed by atoms with E-state index in [2.05, 4.69) is 26.1 Å². The van der Waals surface area contributed by atoms with E-state index in [9.17, 15) is 20.2 Å². The van der Waals surface area contributed by atoms with Crippen molar-refractivity contribution in [2.45, 2.75) is 30.9 Å². The Kier molecular flexibility index (Phi) is 8.19. The molecule has 0 saturated carbocycles. The second kappa shape index (κ2) is 11.5. The van der Waals surface area contributed by atoms with Gasteiger partial charge in [-0.05, 0) is 67.4 Å². The van der Waals surface area contributed by atoms with E-state index >= 15 is 0 Å². The van der Waals surface area contributed by atoms with Crippen molar-refractivity contribution in [1.29, 1.82) is 0 Å². The van der Waals surface area contributed by atoms with Gasteiger partial charge in [0.15, 0.2) is 5.16 Å². The summed E-state index contributed by atoms with van der Waals surface area (Å²) in [6, 6.07) is 19.3. The molecule has 1 aromatic heterocycles. The molecule has 190 valence electrons. The minimum absolute atomic E-state index is 0.0106. The molecule has 0 saturated heterocycles. The molecule has 0 bridgehead atoms. The van der Waals surface area contributed by atoms with Gasteiger partial charge in [0.05, 0.1) is 4.92 Å². The predicted octanol–water partition coefficient (Wildman–Crippen LogP) is 6.24. The average molecular weight is 584 g/mol. The van der Waals surface area contributed by atoms with Crippen molar-refractivity contribution in [3.8, 4) is 11.4 Å². The van der Waals surface area contributed by atoms with E-state index in [-0.39, 0.29) is 23.8 Å². The summed E-state index contributed by atoms with van der Waals surface area (Å²) in [4.78, 5) is 21.8. The van der Waals surface area contributed by atoms with Gasteiger partial charge in [-0.2, -0.15) is 0 Å². The number of non-ortho nitro benzene ring substituents is 1. The van der Waals surface area contributed by atoms with E-state index in [1.807, 2.05) is 42.7 Å². The molecule has 0 amide bonds. The first-order chi connectivity index (χ1) is 17.7. The highest BCUT2D eigenvalue weighted by atomic mass is 79.9. The molecule has 3 aromatic carbocycles. The summed E-state index contributed by atoms with van der Waals surface area (Å²) in [5.41, 5.74) is 3.27. The normalized spacial score (nSPS) is 11.8. The zero-order valence-corrected chi connectivity index (χ0v) is 22.3. The maximum atomic E-state index is 11.7. The van der Waals surface area contributed by atoms with Crippen LogP contribution in [-0.2, 0) is 6.61 Å². The number of nitro benzene ring substituents is 1. The number of ether oxygens (including phenoxy) is 1. The molecular weight excluding hydrogens is 562 g/mol. The lowest BCUT2D eigenvalue weighted by molar-refractivity contribution is -0.479. The molecule has 0 aliphatic heterocycles. The van der Waals surface area contributed by atoms with Crippen molar-refractivity contribution in [3.05, 3.63) is 114 Å². The van der Waals surface area contributed by atoms with Crippen LogP contribution in [0, 0.1) is 34.1 Å². The van der Waals surface area contributed by atoms with Crippen LogP contribution in [0.2, 0.25) is 0 Å². The van der Waals surface area contributed by atoms with Gasteiger partial charge in [0, 0.05) is 32.8 Å². The predicted molar refractivity (Wildman–Crippen MR) is 143 cm³/mol. The summed E-state index contributed by atoms with van der Waals surface area (Å²) in [6.45, 7) is 3.59. The molecule has 4 aromatic rings. The Morgan fingerprint density at radius 1 is 1.03 bits per heavy atom. The van der Waals surface area contributed by atoms with Gasteiger partial charge in [-0.15, -0.1) is 10.2 Å². The van der Waals surface area contributed by atoms with Crippen LogP contribution in [0.15, 0.2) is 76.4 Å². The van der Waals surface area contributed by atoms with Gasteiger partial charge in [0.2, 0.25) is 6.54 Å². The zero-order valence-electron chi connectivity index (χ0n) is 19.9. The monoisotopic (exact) mass is 583 g/mol. The summed E-state index contributed by atoms with van der Waals surface area (Å²) in [7, 11) is 0. The molecule has 4 rings (SSSR count). The molecule has 0 radical (unpaired) electrons. The van der Waals surface area contributed by atoms with Crippen LogP contribution in [0.5, 0.6) is 5.75 Å². The van der Waals surface area contributed by atoms with Crippen molar-refractivity contribution in [3.63, 3.8) is 0 Å². The third-order valence-electron chi connectivity index (χ3n) is 5.48. The first-order valence-corrected chi connectivity index (χ1v) is 12.8. The molecule has 0 unspecified atom stereocenters. The van der Waals surface area contributed by atoms with Crippen LogP contribution in [0.1, 0.15) is 27.8 Å². The van der Waals surface area contributed by atoms with E-state index in [1.165, 1.54) is 23.9 Å². The van der Waals surface area contributed by atoms with Gasteiger partial charge in [-0.1, -0.05) is 39.8 Å². The second-order valence-electron chi connectivity index (χ2n) is 8.22. The second-order valence-corrected chi connectivity index (χ2v) is 10.3. The van der Waals surface area contributed by atoms with E-state index < -0.39 is 10.2 Å². The number of aromatic nitrogens is 3. The molecule has 0 aliphatic carbocycles. The first-order valence-electron chi connectivity index (χ1n) is 11.1. The molecule has 0 spiro atoms. The molecular formula is C25H22BrN5O5S. The lowest BCUT2D eigenvalue weighted by atomic mass is 10.1. The van der Waals surface area contributed by atoms with Crippen LogP contribution in [-0.4, -0.2) is 31.2 Å². The number of halogens is 1. The molecule has 0 aliphatic rings. The Labute approximate surface area is 225 Å². The average Bonchev–Trinajstić information content (AvgIpc) is 3.22. The highest BCUT2D eigenvalue weighted by Gasteiger charge is 2.27. The summed E-state index contributed by atoms with van der Waals surface area (Å²) < 4.78 is 8.67. The van der Waals surface area contributed by atoms with E-state index in [0.29, 0.717) is 22.3 Å². The van der Waals surface area contributed by atoms with Crippen molar-refractivity contribution in [2.75, 3.05) is 6.54 Å². The maximum Gasteiger partial charge on any atom is 0.269 e. The van der Waals surface area contributed by atoms with Gasteiger partial charge in [-0.25, -0.2) is 0 Å². The van der Waals surface area contributed by atoms with Gasteiger partial charge >= 0.3 is 0 Å². The molecule has 0 N–H and O–H groups in total. The Morgan fingerprint density at radius 3 is 2.46 bits per heavy atom. The topological polar surface area (TPSA) is 126 Å². The van der Waals surface area contributed by atoms with Gasteiger partial charge in [0.1, 0.15) is 23.4 Å². The summed E-state index contributed by atoms with van der Waals surface area (Å²) in [6.07, 6.45) is 0. The van der Waals surface area contributed by atoms with Crippen LogP contribution in [0.25, 0.3) is 5.69 Å². The third-order valence-corrected chi connectivity index (χ3v) is 7.13. The lowest BCUT2D eigenvalue weighted by Gasteiger charge is -2.18. The summed E-state index contributed by atoms with van der Waals surface area (Å²) >= 11 is 4.71. The fourth-order valence-corrected chi connectivity index (χ4v) is 5.29. The number of nitro groups is 2. The number of nitrogens with zero attached hydrogens (tertiary/aromatic N) is 5. The molecule has 0 fully saturated rings. The number of aryl methyl sites for hydroxylation is 2. The first kappa shape index (κ1) is 26.3. The zero-order chi connectivity index (χ0) is 26.5. The number of hydrogen-bond donors (Lipinski definition) is 0. The van der Waals surface area contributed by atoms with Crippen LogP contribution < -0.4 is 4.74 Å². The van der Waals surface area contributed by atoms with E-state index in [4.69, 9.17) is 4.74 Å². The lowest BCUT2D eigenvalue weighted by Crippen LogP contribution is -2.13. The highest BCUT2D eigenvalue weighted by molar-refractivity contribution is 9.10. The summed E-state index contributed by atoms with van der Waals surface area (Å²) in [5, 5.41) is 31.0. The van der Waals surface area contributed by atoms with Crippen LogP contribution in [0.3, 0.4) is 0 Å². The van der Waals surface area contributed by atoms with E-state index in [1.54, 1.807) is 30.3 Å². The van der Waals surface area contributed by atoms with Crippen molar-refractivity contribution in [2.24, 2.45) is 0 Å². The summed E-state index contributed by atoms with van der Waals surface area (Å²) in [5.74, 6) is 1.14. The Balaban J connectivity index is 1.65. The number of rotatable bonds is 10. The SMILES string of the molecule is Cc1cccc(-n2c(C)nnc2S[C@@H](C[N+](=O)[O-])c2cc(Br)ccc2OCc2ccc([N+](=O)[O-])cc2)c1. The Hall–Kier alpha value is -3.77. The van der Waals surface area contributed by atoms with Crippen molar-refractivity contribution < 1.29 is 14.6 Å². The van der Waals surface area contributed by atoms with Gasteiger partial charge in [-0.3, -0.25) is 24.8 Å².